The molecule has 1 saturated heterocycles. The molecule has 2 rings (SSSR count). The van der Waals surface area contributed by atoms with Gasteiger partial charge in [0, 0.05) is 24.2 Å². The van der Waals surface area contributed by atoms with Crippen LogP contribution in [-0.4, -0.2) is 55.1 Å². The van der Waals surface area contributed by atoms with Crippen molar-refractivity contribution in [3.05, 3.63) is 28.2 Å². The Kier molecular flexibility index (Phi) is 7.93. The van der Waals surface area contributed by atoms with Crippen LogP contribution in [0.15, 0.2) is 18.2 Å². The lowest BCUT2D eigenvalue weighted by Crippen LogP contribution is -2.47. The molecule has 1 aliphatic rings. The fraction of sp³-hybridized carbons (Fsp3) is 0.500. The summed E-state index contributed by atoms with van der Waals surface area (Å²) in [5.74, 6) is 0.546. The number of nitrogens with zero attached hydrogens (tertiary/aromatic N) is 1. The van der Waals surface area contributed by atoms with Gasteiger partial charge in [0.1, 0.15) is 12.4 Å². The van der Waals surface area contributed by atoms with Crippen LogP contribution in [0.25, 0.3) is 0 Å². The summed E-state index contributed by atoms with van der Waals surface area (Å²) >= 11 is 17.3. The number of alkyl carbamates (subject to hydrolysis) is 1. The number of rotatable bonds is 6. The Bertz CT molecular complexity index is 607. The smallest absolute Gasteiger partial charge is 0.407 e. The molecule has 0 radical (unpaired) electrons. The summed E-state index contributed by atoms with van der Waals surface area (Å²) in [4.78, 5) is 25.4. The van der Waals surface area contributed by atoms with E-state index in [9.17, 15) is 9.59 Å². The van der Waals surface area contributed by atoms with Crippen molar-refractivity contribution >= 4 is 46.8 Å². The van der Waals surface area contributed by atoms with Crippen molar-refractivity contribution in [2.75, 3.05) is 32.2 Å². The molecule has 1 aromatic carbocycles. The molecule has 0 aliphatic carbocycles. The summed E-state index contributed by atoms with van der Waals surface area (Å²) in [6.45, 7) is 1.15. The molecule has 9 heteroatoms. The number of halogens is 3. The van der Waals surface area contributed by atoms with Gasteiger partial charge in [0.2, 0.25) is 0 Å². The van der Waals surface area contributed by atoms with Gasteiger partial charge in [-0.1, -0.05) is 23.2 Å². The highest BCUT2D eigenvalue weighted by atomic mass is 35.5. The number of hydrogen-bond donors (Lipinski definition) is 1. The summed E-state index contributed by atoms with van der Waals surface area (Å²) in [6.07, 6.45) is 0.832. The van der Waals surface area contributed by atoms with E-state index < -0.39 is 6.09 Å². The third-order valence-electron chi connectivity index (χ3n) is 3.73. The van der Waals surface area contributed by atoms with E-state index in [1.54, 1.807) is 23.1 Å². The summed E-state index contributed by atoms with van der Waals surface area (Å²) < 4.78 is 10.3. The van der Waals surface area contributed by atoms with Gasteiger partial charge in [-0.3, -0.25) is 4.79 Å². The van der Waals surface area contributed by atoms with Crippen LogP contribution in [0, 0.1) is 0 Å². The molecule has 0 saturated carbocycles. The molecule has 138 valence electrons. The zero-order valence-corrected chi connectivity index (χ0v) is 15.7. The highest BCUT2D eigenvalue weighted by molar-refractivity contribution is 6.35. The minimum atomic E-state index is -0.480. The maximum absolute atomic E-state index is 12.2. The number of likely N-dealkylation sites (tertiary alicyclic amines) is 1. The van der Waals surface area contributed by atoms with Crippen molar-refractivity contribution in [3.8, 4) is 5.75 Å². The molecular formula is C16H19Cl3N2O4. The molecular weight excluding hydrogens is 391 g/mol. The van der Waals surface area contributed by atoms with E-state index in [1.165, 1.54) is 0 Å². The largest absolute Gasteiger partial charge is 0.482 e. The van der Waals surface area contributed by atoms with Crippen LogP contribution >= 0.6 is 34.8 Å². The second-order valence-electron chi connectivity index (χ2n) is 5.49. The van der Waals surface area contributed by atoms with Crippen LogP contribution in [0.2, 0.25) is 10.0 Å². The lowest BCUT2D eigenvalue weighted by molar-refractivity contribution is -0.134. The maximum atomic E-state index is 12.2. The van der Waals surface area contributed by atoms with E-state index in [-0.39, 0.29) is 31.0 Å². The summed E-state index contributed by atoms with van der Waals surface area (Å²) in [6, 6.07) is 4.82. The van der Waals surface area contributed by atoms with Crippen molar-refractivity contribution in [2.24, 2.45) is 0 Å². The van der Waals surface area contributed by atoms with Crippen LogP contribution < -0.4 is 10.1 Å². The van der Waals surface area contributed by atoms with Gasteiger partial charge in [-0.15, -0.1) is 11.6 Å². The second-order valence-corrected chi connectivity index (χ2v) is 6.71. The Balaban J connectivity index is 1.73. The van der Waals surface area contributed by atoms with Gasteiger partial charge in [0.05, 0.1) is 10.9 Å². The molecule has 25 heavy (non-hydrogen) atoms. The Morgan fingerprint density at radius 1 is 1.24 bits per heavy atom. The highest BCUT2D eigenvalue weighted by Crippen LogP contribution is 2.27. The third-order valence-corrected chi connectivity index (χ3v) is 4.41. The second kappa shape index (κ2) is 9.94. The first-order chi connectivity index (χ1) is 12.0. The number of ether oxygens (including phenoxy) is 2. The maximum Gasteiger partial charge on any atom is 0.407 e. The number of piperidine rings is 1. The lowest BCUT2D eigenvalue weighted by atomic mass is 10.1. The standard InChI is InChI=1S/C16H19Cl3N2O4/c17-5-8-24-16(23)20-12-3-6-21(7-4-12)15(22)10-25-14-2-1-11(18)9-13(14)19/h1-2,9,12H,3-8,10H2,(H,20,23). The van der Waals surface area contributed by atoms with Crippen molar-refractivity contribution in [3.63, 3.8) is 0 Å². The minimum Gasteiger partial charge on any atom is -0.482 e. The highest BCUT2D eigenvalue weighted by Gasteiger charge is 2.24. The Labute approximate surface area is 161 Å². The van der Waals surface area contributed by atoms with E-state index in [1.807, 2.05) is 0 Å². The summed E-state index contributed by atoms with van der Waals surface area (Å²) in [5, 5.41) is 3.63. The first kappa shape index (κ1) is 19.9. The van der Waals surface area contributed by atoms with Gasteiger partial charge in [0.15, 0.2) is 6.61 Å². The summed E-state index contributed by atoms with van der Waals surface area (Å²) in [7, 11) is 0. The molecule has 0 unspecified atom stereocenters. The molecule has 0 bridgehead atoms. The summed E-state index contributed by atoms with van der Waals surface area (Å²) in [5.41, 5.74) is 0. The average molecular weight is 410 g/mol. The van der Waals surface area contributed by atoms with Crippen LogP contribution in [0.5, 0.6) is 5.75 Å². The van der Waals surface area contributed by atoms with Crippen molar-refractivity contribution < 1.29 is 19.1 Å². The molecule has 1 aromatic rings. The first-order valence-electron chi connectivity index (χ1n) is 7.84. The fourth-order valence-corrected chi connectivity index (χ4v) is 2.98. The van der Waals surface area contributed by atoms with Gasteiger partial charge < -0.3 is 19.7 Å². The molecule has 2 amide bonds. The SMILES string of the molecule is O=C(NC1CCN(C(=O)COc2ccc(Cl)cc2Cl)CC1)OCCCl. The predicted octanol–water partition coefficient (Wildman–Crippen LogP) is 3.33. The molecule has 0 aromatic heterocycles. The number of amides is 2. The van der Waals surface area contributed by atoms with Gasteiger partial charge in [-0.2, -0.15) is 0 Å². The zero-order valence-electron chi connectivity index (χ0n) is 13.5. The molecule has 0 spiro atoms. The third kappa shape index (κ3) is 6.45. The fourth-order valence-electron chi connectivity index (χ4n) is 2.44. The van der Waals surface area contributed by atoms with Crippen LogP contribution in [0.4, 0.5) is 4.79 Å². The first-order valence-corrected chi connectivity index (χ1v) is 9.13. The van der Waals surface area contributed by atoms with E-state index in [0.29, 0.717) is 41.7 Å². The van der Waals surface area contributed by atoms with Crippen LogP contribution in [0.1, 0.15) is 12.8 Å². The molecule has 1 aliphatic heterocycles. The molecule has 0 atom stereocenters. The van der Waals surface area contributed by atoms with E-state index in [0.717, 1.165) is 0 Å². The quantitative estimate of drug-likeness (QED) is 0.732. The molecule has 6 nitrogen and oxygen atoms in total. The minimum absolute atomic E-state index is 0.0153. The van der Waals surface area contributed by atoms with Crippen molar-refractivity contribution in [1.82, 2.24) is 10.2 Å². The number of benzene rings is 1. The molecule has 1 N–H and O–H groups in total. The van der Waals surface area contributed by atoms with E-state index in [2.05, 4.69) is 5.32 Å². The lowest BCUT2D eigenvalue weighted by Gasteiger charge is -2.32. The number of carbonyl (C=O) groups excluding carboxylic acids is 2. The molecule has 1 fully saturated rings. The van der Waals surface area contributed by atoms with Crippen LogP contribution in [0.3, 0.4) is 0 Å². The number of hydrogen-bond acceptors (Lipinski definition) is 4. The predicted molar refractivity (Wildman–Crippen MR) is 96.8 cm³/mol. The Morgan fingerprint density at radius 2 is 1.96 bits per heavy atom. The number of nitrogens with one attached hydrogen (secondary N) is 1. The topological polar surface area (TPSA) is 67.9 Å². The van der Waals surface area contributed by atoms with Crippen molar-refractivity contribution in [1.29, 1.82) is 0 Å². The number of carbonyl (C=O) groups is 2. The number of alkyl halides is 1. The van der Waals surface area contributed by atoms with E-state index >= 15 is 0 Å². The van der Waals surface area contributed by atoms with Gasteiger partial charge in [-0.25, -0.2) is 4.79 Å². The molecule has 1 heterocycles. The van der Waals surface area contributed by atoms with E-state index in [4.69, 9.17) is 44.3 Å². The van der Waals surface area contributed by atoms with Crippen LogP contribution in [-0.2, 0) is 9.53 Å². The Morgan fingerprint density at radius 3 is 2.60 bits per heavy atom. The van der Waals surface area contributed by atoms with Gasteiger partial charge in [-0.05, 0) is 31.0 Å². The van der Waals surface area contributed by atoms with Gasteiger partial charge >= 0.3 is 6.09 Å². The van der Waals surface area contributed by atoms with Crippen molar-refractivity contribution in [2.45, 2.75) is 18.9 Å². The average Bonchev–Trinajstić information content (AvgIpc) is 2.59. The normalized spacial score (nSPS) is 14.9. The Hall–Kier alpha value is -1.37. The zero-order chi connectivity index (χ0) is 18.2. The monoisotopic (exact) mass is 408 g/mol. The van der Waals surface area contributed by atoms with Gasteiger partial charge in [0.25, 0.3) is 5.91 Å².